The number of carbonyl (C=O) groups excluding carboxylic acids is 1. The molecule has 0 amide bonds. The summed E-state index contributed by atoms with van der Waals surface area (Å²) in [5.41, 5.74) is -4.12. The number of benzene rings is 1. The van der Waals surface area contributed by atoms with Crippen molar-refractivity contribution in [2.45, 2.75) is 63.9 Å². The van der Waals surface area contributed by atoms with Crippen LogP contribution in [-0.4, -0.2) is 57.3 Å². The number of para-hydroxylation sites is 1. The zero-order chi connectivity index (χ0) is 26.7. The molecule has 3 rings (SSSR count). The van der Waals surface area contributed by atoms with Crippen LogP contribution in [0.2, 0.25) is 0 Å². The lowest BCUT2D eigenvalue weighted by Crippen LogP contribution is -2.43. The first-order valence-electron chi connectivity index (χ1n) is 11.1. The van der Waals surface area contributed by atoms with Crippen molar-refractivity contribution in [2.75, 3.05) is 6.61 Å². The summed E-state index contributed by atoms with van der Waals surface area (Å²) >= 11 is 0. The maximum Gasteiger partial charge on any atom is 0.459 e. The number of hydrogen-bond donors (Lipinski definition) is 3. The molecule has 0 aliphatic carbocycles. The summed E-state index contributed by atoms with van der Waals surface area (Å²) in [6.45, 7) is 5.07. The van der Waals surface area contributed by atoms with Crippen LogP contribution in [0, 0.1) is 0 Å². The molecule has 1 aliphatic heterocycles. The molecule has 14 heteroatoms. The number of H-pyrrole nitrogens is 1. The number of aromatic amines is 1. The van der Waals surface area contributed by atoms with E-state index in [9.17, 15) is 24.1 Å². The van der Waals surface area contributed by atoms with E-state index in [-0.39, 0.29) is 5.75 Å². The molecule has 36 heavy (non-hydrogen) atoms. The van der Waals surface area contributed by atoms with Gasteiger partial charge in [-0.25, -0.2) is 13.8 Å². The first-order chi connectivity index (χ1) is 16.8. The molecule has 1 aromatic carbocycles. The SMILES string of the molecule is CC(C)OC(=O)[C@@H](C)N[P@@](=O)(OC[C@@H]1O[C@@H](n2ccc(=O)[nH]c2=O)[C@@](C)(F)[C@H]1O)Oc1ccccc1. The summed E-state index contributed by atoms with van der Waals surface area (Å²) in [4.78, 5) is 37.7. The van der Waals surface area contributed by atoms with Crippen molar-refractivity contribution in [3.63, 3.8) is 0 Å². The third-order valence-corrected chi connectivity index (χ3v) is 6.90. The van der Waals surface area contributed by atoms with Gasteiger partial charge in [-0.2, -0.15) is 5.09 Å². The Labute approximate surface area is 205 Å². The summed E-state index contributed by atoms with van der Waals surface area (Å²) in [5.74, 6) is -0.560. The van der Waals surface area contributed by atoms with Gasteiger partial charge in [0.05, 0.1) is 12.7 Å². The highest BCUT2D eigenvalue weighted by Crippen LogP contribution is 2.47. The Morgan fingerprint density at radius 2 is 1.94 bits per heavy atom. The number of aromatic nitrogens is 2. The number of rotatable bonds is 10. The van der Waals surface area contributed by atoms with Crippen molar-refractivity contribution in [1.29, 1.82) is 0 Å². The lowest BCUT2D eigenvalue weighted by molar-refractivity contribution is -0.149. The molecule has 1 aliphatic rings. The van der Waals surface area contributed by atoms with Crippen LogP contribution in [0.4, 0.5) is 4.39 Å². The molecule has 6 atom stereocenters. The highest BCUT2D eigenvalue weighted by Gasteiger charge is 2.55. The monoisotopic (exact) mass is 529 g/mol. The normalized spacial score (nSPS) is 26.4. The highest BCUT2D eigenvalue weighted by atomic mass is 31.2. The molecule has 1 fully saturated rings. The molecular weight excluding hydrogens is 500 g/mol. The topological polar surface area (TPSA) is 158 Å². The minimum atomic E-state index is -4.30. The van der Waals surface area contributed by atoms with Crippen molar-refractivity contribution >= 4 is 13.7 Å². The standard InChI is InChI=1S/C22H29FN3O9P/c1-13(2)33-19(29)14(3)25-36(31,35-15-8-6-5-7-9-15)32-12-16-18(28)22(4,23)20(34-16)26-11-10-17(27)24-21(26)30/h5-11,13-14,16,18,20,28H,12H2,1-4H3,(H,25,31)(H,24,27,30)/t14-,16+,18+,20-,22+,36-/m1/s1. The zero-order valence-electron chi connectivity index (χ0n) is 20.1. The molecule has 0 saturated carbocycles. The fraction of sp³-hybridized carbons (Fsp3) is 0.500. The zero-order valence-corrected chi connectivity index (χ0v) is 21.0. The summed E-state index contributed by atoms with van der Waals surface area (Å²) in [6.07, 6.45) is -4.21. The summed E-state index contributed by atoms with van der Waals surface area (Å²) in [5, 5.41) is 13.0. The Kier molecular flexibility index (Phi) is 8.52. The van der Waals surface area contributed by atoms with E-state index in [1.54, 1.807) is 32.0 Å². The number of aliphatic hydroxyl groups is 1. The predicted octanol–water partition coefficient (Wildman–Crippen LogP) is 1.66. The molecule has 0 spiro atoms. The van der Waals surface area contributed by atoms with Gasteiger partial charge in [0.25, 0.3) is 5.56 Å². The number of aliphatic hydroxyl groups excluding tert-OH is 1. The van der Waals surface area contributed by atoms with Crippen molar-refractivity contribution in [2.24, 2.45) is 0 Å². The Morgan fingerprint density at radius 1 is 1.28 bits per heavy atom. The van der Waals surface area contributed by atoms with Crippen LogP contribution in [0.15, 0.2) is 52.2 Å². The van der Waals surface area contributed by atoms with E-state index >= 15 is 4.39 Å². The van der Waals surface area contributed by atoms with Crippen LogP contribution >= 0.6 is 7.75 Å². The average molecular weight is 529 g/mol. The number of carbonyl (C=O) groups is 1. The van der Waals surface area contributed by atoms with Crippen LogP contribution in [0.25, 0.3) is 0 Å². The fourth-order valence-corrected chi connectivity index (χ4v) is 4.97. The third kappa shape index (κ3) is 6.48. The number of alkyl halides is 1. The smallest absolute Gasteiger partial charge is 0.459 e. The largest absolute Gasteiger partial charge is 0.462 e. The molecule has 1 saturated heterocycles. The second-order valence-corrected chi connectivity index (χ2v) is 10.4. The minimum absolute atomic E-state index is 0.152. The number of nitrogens with one attached hydrogen (secondary N) is 2. The maximum atomic E-state index is 15.4. The van der Waals surface area contributed by atoms with E-state index in [2.05, 4.69) is 5.09 Å². The number of ether oxygens (including phenoxy) is 2. The van der Waals surface area contributed by atoms with Gasteiger partial charge in [0.15, 0.2) is 11.9 Å². The van der Waals surface area contributed by atoms with Crippen LogP contribution < -0.4 is 20.9 Å². The van der Waals surface area contributed by atoms with Crippen molar-refractivity contribution in [1.82, 2.24) is 14.6 Å². The van der Waals surface area contributed by atoms with E-state index in [1.165, 1.54) is 19.1 Å². The molecule has 1 aromatic heterocycles. The molecule has 2 aromatic rings. The molecular formula is C22H29FN3O9P. The summed E-state index contributed by atoms with van der Waals surface area (Å²) in [7, 11) is -4.30. The van der Waals surface area contributed by atoms with Crippen LogP contribution in [0.3, 0.4) is 0 Å². The quantitative estimate of drug-likeness (QED) is 0.305. The number of esters is 1. The molecule has 198 valence electrons. The summed E-state index contributed by atoms with van der Waals surface area (Å²) in [6, 6.07) is 7.86. The maximum absolute atomic E-state index is 15.4. The number of halogens is 1. The lowest BCUT2D eigenvalue weighted by atomic mass is 9.98. The van der Waals surface area contributed by atoms with E-state index in [1.807, 2.05) is 4.98 Å². The second-order valence-electron chi connectivity index (χ2n) is 8.67. The first-order valence-corrected chi connectivity index (χ1v) is 12.7. The Hall–Kier alpha value is -2.83. The Morgan fingerprint density at radius 3 is 2.56 bits per heavy atom. The molecule has 0 bridgehead atoms. The van der Waals surface area contributed by atoms with E-state index in [0.717, 1.165) is 23.8 Å². The Balaban J connectivity index is 1.80. The molecule has 0 unspecified atom stereocenters. The third-order valence-electron chi connectivity index (χ3n) is 5.26. The van der Waals surface area contributed by atoms with E-state index < -0.39 is 67.8 Å². The van der Waals surface area contributed by atoms with E-state index in [4.69, 9.17) is 18.5 Å². The number of hydrogen-bond acceptors (Lipinski definition) is 9. The molecule has 2 heterocycles. The van der Waals surface area contributed by atoms with Crippen LogP contribution in [0.1, 0.15) is 33.9 Å². The van der Waals surface area contributed by atoms with Gasteiger partial charge in [-0.3, -0.25) is 23.7 Å². The van der Waals surface area contributed by atoms with Gasteiger partial charge in [-0.15, -0.1) is 0 Å². The fourth-order valence-electron chi connectivity index (χ4n) is 3.47. The van der Waals surface area contributed by atoms with Crippen molar-refractivity contribution in [3.05, 3.63) is 63.4 Å². The van der Waals surface area contributed by atoms with Gasteiger partial charge >= 0.3 is 19.4 Å². The minimum Gasteiger partial charge on any atom is -0.462 e. The van der Waals surface area contributed by atoms with Gasteiger partial charge in [0.1, 0.15) is 24.0 Å². The average Bonchev–Trinajstić information content (AvgIpc) is 3.01. The van der Waals surface area contributed by atoms with Crippen LogP contribution in [-0.2, 0) is 23.4 Å². The Bertz CT molecular complexity index is 1220. The first kappa shape index (κ1) is 27.8. The molecule has 12 nitrogen and oxygen atoms in total. The van der Waals surface area contributed by atoms with Crippen molar-refractivity contribution < 1.29 is 37.4 Å². The molecule has 0 radical (unpaired) electrons. The number of nitrogens with zero attached hydrogens (tertiary/aromatic N) is 1. The lowest BCUT2D eigenvalue weighted by Gasteiger charge is -2.25. The molecule has 3 N–H and O–H groups in total. The van der Waals surface area contributed by atoms with Crippen molar-refractivity contribution in [3.8, 4) is 5.75 Å². The second kappa shape index (κ2) is 11.1. The summed E-state index contributed by atoms with van der Waals surface area (Å²) < 4.78 is 51.4. The van der Waals surface area contributed by atoms with Gasteiger partial charge in [-0.05, 0) is 39.8 Å². The van der Waals surface area contributed by atoms with Crippen LogP contribution in [0.5, 0.6) is 5.75 Å². The van der Waals surface area contributed by atoms with E-state index in [0.29, 0.717) is 0 Å². The van der Waals surface area contributed by atoms with Gasteiger partial charge in [0.2, 0.25) is 0 Å². The highest BCUT2D eigenvalue weighted by molar-refractivity contribution is 7.52. The van der Waals surface area contributed by atoms with Gasteiger partial charge in [0, 0.05) is 12.3 Å². The van der Waals surface area contributed by atoms with Gasteiger partial charge in [-0.1, -0.05) is 18.2 Å². The van der Waals surface area contributed by atoms with Gasteiger partial charge < -0.3 is 19.1 Å². The predicted molar refractivity (Wildman–Crippen MR) is 125 cm³/mol.